The van der Waals surface area contributed by atoms with Gasteiger partial charge in [-0.1, -0.05) is 18.2 Å². The zero-order valence-corrected chi connectivity index (χ0v) is 16.3. The Bertz CT molecular complexity index is 1180. The van der Waals surface area contributed by atoms with Crippen molar-refractivity contribution in [2.45, 2.75) is 13.8 Å². The number of aromatic nitrogens is 1. The van der Waals surface area contributed by atoms with Gasteiger partial charge in [-0.05, 0) is 50.3 Å². The van der Waals surface area contributed by atoms with E-state index in [-0.39, 0.29) is 17.4 Å². The molecular formula is C22H20N4O3. The van der Waals surface area contributed by atoms with Crippen LogP contribution in [0.25, 0.3) is 17.0 Å². The lowest BCUT2D eigenvalue weighted by atomic mass is 10.1. The number of fused-ring (bicyclic) bond motifs is 1. The number of amidine groups is 1. The summed E-state index contributed by atoms with van der Waals surface area (Å²) < 4.78 is 5.32. The molecule has 7 nitrogen and oxygen atoms in total. The third-order valence-electron chi connectivity index (χ3n) is 4.63. The van der Waals surface area contributed by atoms with Crippen molar-refractivity contribution in [1.29, 1.82) is 0 Å². The summed E-state index contributed by atoms with van der Waals surface area (Å²) in [6, 6.07) is 14.3. The average Bonchev–Trinajstić information content (AvgIpc) is 2.96. The molecule has 4 rings (SSSR count). The molecule has 0 atom stereocenters. The van der Waals surface area contributed by atoms with Gasteiger partial charge in [-0.15, -0.1) is 0 Å². The highest BCUT2D eigenvalue weighted by atomic mass is 16.5. The molecule has 2 heterocycles. The zero-order chi connectivity index (χ0) is 20.5. The number of hydrazine groups is 1. The molecule has 0 bridgehead atoms. The van der Waals surface area contributed by atoms with Crippen LogP contribution in [0.4, 0.5) is 5.69 Å². The molecule has 0 aliphatic carbocycles. The SMILES string of the molecule is COc1ccc2nc(C)cc(NN3C(=O)/C(=C/c4ccccc4O)N=C3C)c2c1. The number of aromatic hydroxyl groups is 1. The lowest BCUT2D eigenvalue weighted by Crippen LogP contribution is -2.36. The molecule has 0 saturated carbocycles. The van der Waals surface area contributed by atoms with Crippen LogP contribution < -0.4 is 10.2 Å². The van der Waals surface area contributed by atoms with Crippen LogP contribution in [0.3, 0.4) is 0 Å². The van der Waals surface area contributed by atoms with Gasteiger partial charge in [0.1, 0.15) is 23.0 Å². The number of hydrogen-bond acceptors (Lipinski definition) is 6. The average molecular weight is 388 g/mol. The minimum Gasteiger partial charge on any atom is -0.507 e. The van der Waals surface area contributed by atoms with E-state index in [1.807, 2.05) is 31.2 Å². The Labute approximate surface area is 167 Å². The number of ether oxygens (including phenoxy) is 1. The van der Waals surface area contributed by atoms with Crippen LogP contribution in [-0.4, -0.2) is 34.0 Å². The molecule has 1 aliphatic rings. The molecule has 2 aromatic carbocycles. The van der Waals surface area contributed by atoms with Crippen LogP contribution >= 0.6 is 0 Å². The fraction of sp³-hybridized carbons (Fsp3) is 0.136. The van der Waals surface area contributed by atoms with Crippen LogP contribution in [0.1, 0.15) is 18.2 Å². The summed E-state index contributed by atoms with van der Waals surface area (Å²) in [6.45, 7) is 3.64. The lowest BCUT2D eigenvalue weighted by Gasteiger charge is -2.20. The number of benzene rings is 2. The number of rotatable bonds is 4. The fourth-order valence-electron chi connectivity index (χ4n) is 3.19. The first-order chi connectivity index (χ1) is 14.0. The number of anilines is 1. The van der Waals surface area contributed by atoms with E-state index >= 15 is 0 Å². The van der Waals surface area contributed by atoms with Gasteiger partial charge in [0.25, 0.3) is 5.91 Å². The van der Waals surface area contributed by atoms with Crippen molar-refractivity contribution in [3.05, 3.63) is 65.5 Å². The molecule has 7 heteroatoms. The Hall–Kier alpha value is -3.87. The highest BCUT2D eigenvalue weighted by molar-refractivity contribution is 6.15. The van der Waals surface area contributed by atoms with Crippen molar-refractivity contribution in [2.24, 2.45) is 4.99 Å². The second-order valence-electron chi connectivity index (χ2n) is 6.69. The van der Waals surface area contributed by atoms with Gasteiger partial charge in [-0.25, -0.2) is 10.0 Å². The number of phenols is 1. The summed E-state index contributed by atoms with van der Waals surface area (Å²) in [5.74, 6) is 0.984. The first kappa shape index (κ1) is 18.5. The van der Waals surface area contributed by atoms with Crippen LogP contribution in [0.2, 0.25) is 0 Å². The number of pyridine rings is 1. The number of carbonyl (C=O) groups excluding carboxylic acids is 1. The number of phenolic OH excluding ortho intramolecular Hbond substituents is 1. The van der Waals surface area contributed by atoms with Crippen molar-refractivity contribution in [3.8, 4) is 11.5 Å². The van der Waals surface area contributed by atoms with Crippen molar-refractivity contribution in [3.63, 3.8) is 0 Å². The fourth-order valence-corrected chi connectivity index (χ4v) is 3.19. The summed E-state index contributed by atoms with van der Waals surface area (Å²) in [6.07, 6.45) is 1.57. The molecule has 146 valence electrons. The predicted molar refractivity (Wildman–Crippen MR) is 113 cm³/mol. The van der Waals surface area contributed by atoms with E-state index in [0.29, 0.717) is 17.1 Å². The maximum absolute atomic E-state index is 12.9. The summed E-state index contributed by atoms with van der Waals surface area (Å²) in [5, 5.41) is 12.2. The van der Waals surface area contributed by atoms with Crippen molar-refractivity contribution < 1.29 is 14.6 Å². The highest BCUT2D eigenvalue weighted by Crippen LogP contribution is 2.29. The molecule has 29 heavy (non-hydrogen) atoms. The van der Waals surface area contributed by atoms with Crippen LogP contribution in [0.15, 0.2) is 59.2 Å². The summed E-state index contributed by atoms with van der Waals surface area (Å²) in [4.78, 5) is 21.8. The molecule has 1 aromatic heterocycles. The van der Waals surface area contributed by atoms with Crippen LogP contribution in [0.5, 0.6) is 11.5 Å². The van der Waals surface area contributed by atoms with E-state index in [1.165, 1.54) is 5.01 Å². The van der Waals surface area contributed by atoms with E-state index in [0.717, 1.165) is 22.3 Å². The van der Waals surface area contributed by atoms with Gasteiger partial charge >= 0.3 is 0 Å². The number of methoxy groups -OCH3 is 1. The largest absolute Gasteiger partial charge is 0.507 e. The van der Waals surface area contributed by atoms with Gasteiger partial charge < -0.3 is 9.84 Å². The highest BCUT2D eigenvalue weighted by Gasteiger charge is 2.28. The maximum atomic E-state index is 12.9. The molecular weight excluding hydrogens is 368 g/mol. The van der Waals surface area contributed by atoms with Gasteiger partial charge in [0, 0.05) is 16.6 Å². The third kappa shape index (κ3) is 3.50. The number of nitrogens with zero attached hydrogens (tertiary/aromatic N) is 3. The Morgan fingerprint density at radius 1 is 1.14 bits per heavy atom. The minimum absolute atomic E-state index is 0.0925. The standard InChI is InChI=1S/C22H20N4O3/c1-13-10-19(17-12-16(29-3)8-9-18(17)23-13)25-26-14(2)24-20(22(26)28)11-15-6-4-5-7-21(15)27/h4-12,27H,1-3H3,(H,23,25)/b20-11-. The number of hydrogen-bond donors (Lipinski definition) is 2. The second kappa shape index (κ2) is 7.27. The minimum atomic E-state index is -0.309. The lowest BCUT2D eigenvalue weighted by molar-refractivity contribution is -0.121. The molecule has 0 radical (unpaired) electrons. The molecule has 0 saturated heterocycles. The zero-order valence-electron chi connectivity index (χ0n) is 16.3. The van der Waals surface area contributed by atoms with Gasteiger partial charge in [-0.2, -0.15) is 0 Å². The van der Waals surface area contributed by atoms with Crippen LogP contribution in [0, 0.1) is 6.92 Å². The first-order valence-electron chi connectivity index (χ1n) is 9.08. The van der Waals surface area contributed by atoms with Gasteiger partial charge in [0.2, 0.25) is 0 Å². The number of aliphatic imine (C=N–C) groups is 1. The third-order valence-corrected chi connectivity index (χ3v) is 4.63. The molecule has 2 N–H and O–H groups in total. The monoisotopic (exact) mass is 388 g/mol. The molecule has 1 amide bonds. The molecule has 0 unspecified atom stereocenters. The van der Waals surface area contributed by atoms with E-state index in [9.17, 15) is 9.90 Å². The van der Waals surface area contributed by atoms with Crippen molar-refractivity contribution in [1.82, 2.24) is 9.99 Å². The second-order valence-corrected chi connectivity index (χ2v) is 6.69. The molecule has 0 spiro atoms. The number of carbonyl (C=O) groups is 1. The summed E-state index contributed by atoms with van der Waals surface area (Å²) >= 11 is 0. The van der Waals surface area contributed by atoms with E-state index < -0.39 is 0 Å². The van der Waals surface area contributed by atoms with Crippen LogP contribution in [-0.2, 0) is 4.79 Å². The quantitative estimate of drug-likeness (QED) is 0.662. The number of aryl methyl sites for hydroxylation is 1. The Morgan fingerprint density at radius 2 is 1.93 bits per heavy atom. The summed E-state index contributed by atoms with van der Waals surface area (Å²) in [5.41, 5.74) is 6.26. The van der Waals surface area contributed by atoms with Gasteiger partial charge in [0.15, 0.2) is 0 Å². The molecule has 3 aromatic rings. The van der Waals surface area contributed by atoms with Gasteiger partial charge in [0.05, 0.1) is 18.3 Å². The number of amides is 1. The smallest absolute Gasteiger partial charge is 0.296 e. The van der Waals surface area contributed by atoms with Gasteiger partial charge in [-0.3, -0.25) is 15.2 Å². The Kier molecular flexibility index (Phi) is 4.64. The van der Waals surface area contributed by atoms with E-state index in [4.69, 9.17) is 4.74 Å². The maximum Gasteiger partial charge on any atom is 0.296 e. The van der Waals surface area contributed by atoms with Crippen molar-refractivity contribution >= 4 is 34.4 Å². The topological polar surface area (TPSA) is 87.0 Å². The Morgan fingerprint density at radius 3 is 2.69 bits per heavy atom. The normalized spacial score (nSPS) is 15.1. The first-order valence-corrected chi connectivity index (χ1v) is 9.08. The molecule has 0 fully saturated rings. The number of para-hydroxylation sites is 1. The van der Waals surface area contributed by atoms with Crippen molar-refractivity contribution in [2.75, 3.05) is 12.5 Å². The van der Waals surface area contributed by atoms with E-state index in [1.54, 1.807) is 44.4 Å². The van der Waals surface area contributed by atoms with E-state index in [2.05, 4.69) is 15.4 Å². The molecule has 1 aliphatic heterocycles. The Balaban J connectivity index is 1.70. The number of nitrogens with one attached hydrogen (secondary N) is 1. The summed E-state index contributed by atoms with van der Waals surface area (Å²) in [7, 11) is 1.60. The predicted octanol–water partition coefficient (Wildman–Crippen LogP) is 3.89.